The number of carbonyl (C=O) groups is 1. The van der Waals surface area contributed by atoms with Crippen LogP contribution in [-0.4, -0.2) is 49.7 Å². The Kier molecular flexibility index (Phi) is 7.41. The predicted molar refractivity (Wildman–Crippen MR) is 82.0 cm³/mol. The summed E-state index contributed by atoms with van der Waals surface area (Å²) in [5.41, 5.74) is 2.52. The lowest BCUT2D eigenvalue weighted by molar-refractivity contribution is -0.119. The average molecular weight is 296 g/mol. The van der Waals surface area contributed by atoms with E-state index in [-0.39, 0.29) is 12.5 Å². The molecule has 1 heterocycles. The number of aromatic nitrogens is 2. The highest BCUT2D eigenvalue weighted by Gasteiger charge is 2.11. The summed E-state index contributed by atoms with van der Waals surface area (Å²) in [6.45, 7) is 3.24. The van der Waals surface area contributed by atoms with Gasteiger partial charge in [0.2, 0.25) is 5.91 Å². The third-order valence-corrected chi connectivity index (χ3v) is 2.78. The van der Waals surface area contributed by atoms with Crippen LogP contribution >= 0.6 is 0 Å². The average Bonchev–Trinajstić information content (AvgIpc) is 2.47. The number of hydrogen-bond donors (Lipinski definition) is 3. The normalized spacial score (nSPS) is 10.3. The molecule has 118 valence electrons. The molecule has 0 bridgehead atoms. The third-order valence-electron chi connectivity index (χ3n) is 2.78. The number of nitrogen functional groups attached to an aromatic ring is 1. The minimum absolute atomic E-state index is 0.0903. The second-order valence-electron chi connectivity index (χ2n) is 4.62. The maximum Gasteiger partial charge on any atom is 0.239 e. The van der Waals surface area contributed by atoms with Crippen molar-refractivity contribution in [1.29, 1.82) is 0 Å². The van der Waals surface area contributed by atoms with E-state index in [4.69, 9.17) is 10.6 Å². The first kappa shape index (κ1) is 17.1. The molecule has 1 rings (SSSR count). The molecule has 0 atom stereocenters. The van der Waals surface area contributed by atoms with Gasteiger partial charge < -0.3 is 20.4 Å². The first-order valence-corrected chi connectivity index (χ1v) is 6.92. The number of rotatable bonds is 9. The highest BCUT2D eigenvalue weighted by Crippen LogP contribution is 2.14. The Bertz CT molecular complexity index is 454. The van der Waals surface area contributed by atoms with Crippen molar-refractivity contribution in [1.82, 2.24) is 15.3 Å². The number of anilines is 2. The Morgan fingerprint density at radius 2 is 2.24 bits per heavy atom. The lowest BCUT2D eigenvalue weighted by Gasteiger charge is -2.19. The highest BCUT2D eigenvalue weighted by molar-refractivity contribution is 5.80. The molecule has 0 saturated heterocycles. The molecule has 8 nitrogen and oxygen atoms in total. The number of amides is 1. The number of hydrogen-bond acceptors (Lipinski definition) is 7. The van der Waals surface area contributed by atoms with Gasteiger partial charge in [-0.2, -0.15) is 0 Å². The van der Waals surface area contributed by atoms with Crippen molar-refractivity contribution in [3.05, 3.63) is 11.9 Å². The number of nitrogens with two attached hydrogens (primary N) is 1. The van der Waals surface area contributed by atoms with E-state index in [0.29, 0.717) is 30.6 Å². The number of carbonyl (C=O) groups excluding carboxylic acids is 1. The fraction of sp³-hybridized carbons (Fsp3) is 0.615. The van der Waals surface area contributed by atoms with E-state index >= 15 is 0 Å². The van der Waals surface area contributed by atoms with Crippen molar-refractivity contribution in [3.8, 4) is 0 Å². The Balaban J connectivity index is 2.69. The van der Waals surface area contributed by atoms with Gasteiger partial charge in [-0.25, -0.2) is 15.8 Å². The molecule has 1 amide bonds. The van der Waals surface area contributed by atoms with Crippen LogP contribution in [0.4, 0.5) is 11.6 Å². The van der Waals surface area contributed by atoms with Gasteiger partial charge in [0.1, 0.15) is 17.5 Å². The number of nitrogens with zero attached hydrogens (tertiary/aromatic N) is 3. The van der Waals surface area contributed by atoms with E-state index in [1.165, 1.54) is 0 Å². The molecule has 0 saturated carbocycles. The van der Waals surface area contributed by atoms with E-state index < -0.39 is 0 Å². The largest absolute Gasteiger partial charge is 0.383 e. The lowest BCUT2D eigenvalue weighted by atomic mass is 10.3. The van der Waals surface area contributed by atoms with E-state index in [0.717, 1.165) is 12.8 Å². The van der Waals surface area contributed by atoms with Crippen LogP contribution in [0.3, 0.4) is 0 Å². The Morgan fingerprint density at radius 1 is 1.48 bits per heavy atom. The zero-order valence-corrected chi connectivity index (χ0v) is 12.8. The summed E-state index contributed by atoms with van der Waals surface area (Å²) in [5, 5.41) is 2.76. The fourth-order valence-electron chi connectivity index (χ4n) is 1.73. The molecular formula is C13H24N6O2. The van der Waals surface area contributed by atoms with Crippen LogP contribution < -0.4 is 21.5 Å². The SMILES string of the molecule is CCCc1nc(NN)cc(N(C)CC(=O)NCCOC)n1. The topological polar surface area (TPSA) is 105 Å². The van der Waals surface area contributed by atoms with Crippen LogP contribution in [0.1, 0.15) is 19.2 Å². The van der Waals surface area contributed by atoms with Crippen LogP contribution in [0.5, 0.6) is 0 Å². The van der Waals surface area contributed by atoms with Crippen LogP contribution in [-0.2, 0) is 16.0 Å². The summed E-state index contributed by atoms with van der Waals surface area (Å²) >= 11 is 0. The van der Waals surface area contributed by atoms with Crippen molar-refractivity contribution in [2.75, 3.05) is 44.2 Å². The molecule has 0 aliphatic rings. The van der Waals surface area contributed by atoms with Gasteiger partial charge in [-0.15, -0.1) is 0 Å². The summed E-state index contributed by atoms with van der Waals surface area (Å²) in [4.78, 5) is 22.2. The quantitative estimate of drug-likeness (QED) is 0.332. The molecule has 0 spiro atoms. The van der Waals surface area contributed by atoms with Crippen LogP contribution in [0.2, 0.25) is 0 Å². The van der Waals surface area contributed by atoms with Crippen LogP contribution in [0, 0.1) is 0 Å². The summed E-state index contributed by atoms with van der Waals surface area (Å²) in [5.74, 6) is 7.22. The van der Waals surface area contributed by atoms with Crippen LogP contribution in [0.25, 0.3) is 0 Å². The second-order valence-corrected chi connectivity index (χ2v) is 4.62. The summed E-state index contributed by atoms with van der Waals surface area (Å²) in [6.07, 6.45) is 1.70. The van der Waals surface area contributed by atoms with E-state index in [1.54, 1.807) is 25.1 Å². The van der Waals surface area contributed by atoms with Crippen LogP contribution in [0.15, 0.2) is 6.07 Å². The van der Waals surface area contributed by atoms with Gasteiger partial charge in [0.25, 0.3) is 0 Å². The van der Waals surface area contributed by atoms with Gasteiger partial charge >= 0.3 is 0 Å². The van der Waals surface area contributed by atoms with Crippen molar-refractivity contribution in [2.45, 2.75) is 19.8 Å². The van der Waals surface area contributed by atoms with Crippen molar-refractivity contribution in [2.24, 2.45) is 5.84 Å². The summed E-state index contributed by atoms with van der Waals surface area (Å²) < 4.78 is 4.88. The maximum absolute atomic E-state index is 11.8. The molecular weight excluding hydrogens is 272 g/mol. The molecule has 0 fully saturated rings. The predicted octanol–water partition coefficient (Wildman–Crippen LogP) is -0.0865. The minimum atomic E-state index is -0.0903. The second kappa shape index (κ2) is 9.09. The summed E-state index contributed by atoms with van der Waals surface area (Å²) in [7, 11) is 3.39. The molecule has 0 radical (unpaired) electrons. The van der Waals surface area contributed by atoms with Gasteiger partial charge in [-0.05, 0) is 6.42 Å². The number of methoxy groups -OCH3 is 1. The lowest BCUT2D eigenvalue weighted by Crippen LogP contribution is -2.37. The zero-order chi connectivity index (χ0) is 15.7. The number of aryl methyl sites for hydroxylation is 1. The maximum atomic E-state index is 11.8. The Labute approximate surface area is 125 Å². The standard InChI is InChI=1S/C13H24N6O2/c1-4-5-10-16-11(18-14)8-12(17-10)19(2)9-13(20)15-6-7-21-3/h8H,4-7,9,14H2,1-3H3,(H,15,20)(H,16,17,18). The number of nitrogens with one attached hydrogen (secondary N) is 2. The monoisotopic (exact) mass is 296 g/mol. The fourth-order valence-corrected chi connectivity index (χ4v) is 1.73. The van der Waals surface area contributed by atoms with E-state index in [9.17, 15) is 4.79 Å². The molecule has 1 aromatic heterocycles. The first-order valence-electron chi connectivity index (χ1n) is 6.92. The Morgan fingerprint density at radius 3 is 2.86 bits per heavy atom. The highest BCUT2D eigenvalue weighted by atomic mass is 16.5. The summed E-state index contributed by atoms with van der Waals surface area (Å²) in [6, 6.07) is 1.71. The van der Waals surface area contributed by atoms with Gasteiger partial charge in [0.15, 0.2) is 0 Å². The molecule has 4 N–H and O–H groups in total. The molecule has 21 heavy (non-hydrogen) atoms. The van der Waals surface area contributed by atoms with Gasteiger partial charge in [-0.3, -0.25) is 4.79 Å². The van der Waals surface area contributed by atoms with Gasteiger partial charge in [0, 0.05) is 33.2 Å². The molecule has 1 aromatic rings. The zero-order valence-electron chi connectivity index (χ0n) is 12.8. The Hall–Kier alpha value is -1.93. The number of hydrazine groups is 1. The van der Waals surface area contributed by atoms with E-state index in [1.807, 2.05) is 0 Å². The third kappa shape index (κ3) is 5.92. The smallest absolute Gasteiger partial charge is 0.239 e. The van der Waals surface area contributed by atoms with Gasteiger partial charge in [-0.1, -0.05) is 6.92 Å². The van der Waals surface area contributed by atoms with Crippen molar-refractivity contribution in [3.63, 3.8) is 0 Å². The number of ether oxygens (including phenoxy) is 1. The van der Waals surface area contributed by atoms with Crippen molar-refractivity contribution >= 4 is 17.5 Å². The molecule has 0 unspecified atom stereocenters. The number of likely N-dealkylation sites (N-methyl/N-ethyl adjacent to an activating group) is 1. The first-order chi connectivity index (χ1) is 10.1. The van der Waals surface area contributed by atoms with Crippen molar-refractivity contribution < 1.29 is 9.53 Å². The molecule has 0 aliphatic carbocycles. The minimum Gasteiger partial charge on any atom is -0.383 e. The van der Waals surface area contributed by atoms with Gasteiger partial charge in [0.05, 0.1) is 13.2 Å². The molecule has 0 aliphatic heterocycles. The van der Waals surface area contributed by atoms with E-state index in [2.05, 4.69) is 27.6 Å². The molecule has 8 heteroatoms. The molecule has 0 aromatic carbocycles.